The smallest absolute Gasteiger partial charge is 0.289 e. The molecule has 0 aliphatic heterocycles. The van der Waals surface area contributed by atoms with E-state index in [1.165, 1.54) is 36.0 Å². The first kappa shape index (κ1) is 20.1. The van der Waals surface area contributed by atoms with E-state index in [4.69, 9.17) is 4.74 Å². The Labute approximate surface area is 177 Å². The molecule has 1 aromatic heterocycles. The Morgan fingerprint density at radius 3 is 2.30 bits per heavy atom. The van der Waals surface area contributed by atoms with Crippen molar-refractivity contribution in [1.29, 1.82) is 0 Å². The summed E-state index contributed by atoms with van der Waals surface area (Å²) in [5, 5.41) is 2.71. The van der Waals surface area contributed by atoms with Crippen LogP contribution in [0.25, 0.3) is 0 Å². The van der Waals surface area contributed by atoms with Crippen molar-refractivity contribution in [2.45, 2.75) is 45.1 Å². The predicted molar refractivity (Wildman–Crippen MR) is 117 cm³/mol. The molecular formula is C25H27N3O2. The maximum Gasteiger partial charge on any atom is 0.289 e. The van der Waals surface area contributed by atoms with Gasteiger partial charge in [0.15, 0.2) is 0 Å². The minimum atomic E-state index is -0.273. The van der Waals surface area contributed by atoms with Crippen LogP contribution in [-0.4, -0.2) is 22.4 Å². The highest BCUT2D eigenvalue weighted by molar-refractivity contribution is 5.90. The number of hydrogen-bond acceptors (Lipinski definition) is 4. The Balaban J connectivity index is 1.45. The van der Waals surface area contributed by atoms with Gasteiger partial charge in [-0.1, -0.05) is 48.4 Å². The van der Waals surface area contributed by atoms with Gasteiger partial charge in [0.25, 0.3) is 5.91 Å². The predicted octanol–water partition coefficient (Wildman–Crippen LogP) is 4.58. The molecule has 0 atom stereocenters. The van der Waals surface area contributed by atoms with E-state index in [2.05, 4.69) is 58.6 Å². The van der Waals surface area contributed by atoms with Crippen molar-refractivity contribution in [3.63, 3.8) is 0 Å². The topological polar surface area (TPSA) is 64.1 Å². The fraction of sp³-hybridized carbons (Fsp3) is 0.320. The average molecular weight is 402 g/mol. The molecule has 1 saturated carbocycles. The minimum absolute atomic E-state index is 0.125. The van der Waals surface area contributed by atoms with Gasteiger partial charge < -0.3 is 10.1 Å². The number of rotatable bonds is 7. The fourth-order valence-electron chi connectivity index (χ4n) is 4.00. The summed E-state index contributed by atoms with van der Waals surface area (Å²) >= 11 is 0. The van der Waals surface area contributed by atoms with Gasteiger partial charge in [-0.2, -0.15) is 0 Å². The average Bonchev–Trinajstić information content (AvgIpc) is 2.74. The summed E-state index contributed by atoms with van der Waals surface area (Å²) in [6.07, 6.45) is 5.20. The minimum Gasteiger partial charge on any atom is -0.487 e. The van der Waals surface area contributed by atoms with Gasteiger partial charge in [0, 0.05) is 18.2 Å². The van der Waals surface area contributed by atoms with Crippen molar-refractivity contribution in [2.75, 3.05) is 6.54 Å². The molecule has 0 saturated heterocycles. The third-order valence-corrected chi connectivity index (χ3v) is 5.86. The Bertz CT molecular complexity index is 1010. The Morgan fingerprint density at radius 2 is 1.70 bits per heavy atom. The second-order valence-electron chi connectivity index (χ2n) is 7.85. The van der Waals surface area contributed by atoms with Crippen LogP contribution >= 0.6 is 0 Å². The second-order valence-corrected chi connectivity index (χ2v) is 7.85. The molecule has 1 amide bonds. The number of nitrogens with one attached hydrogen (secondary N) is 1. The molecule has 1 heterocycles. The molecule has 3 aromatic rings. The molecule has 4 rings (SSSR count). The van der Waals surface area contributed by atoms with E-state index >= 15 is 0 Å². The van der Waals surface area contributed by atoms with Crippen LogP contribution < -0.4 is 10.1 Å². The molecule has 5 heteroatoms. The van der Waals surface area contributed by atoms with Crippen molar-refractivity contribution >= 4 is 5.91 Å². The zero-order valence-electron chi connectivity index (χ0n) is 17.5. The molecule has 0 bridgehead atoms. The van der Waals surface area contributed by atoms with Gasteiger partial charge in [-0.15, -0.1) is 0 Å². The third-order valence-electron chi connectivity index (χ3n) is 5.86. The number of aromatic nitrogens is 2. The van der Waals surface area contributed by atoms with Gasteiger partial charge >= 0.3 is 0 Å². The van der Waals surface area contributed by atoms with Crippen LogP contribution in [0.15, 0.2) is 60.8 Å². The molecule has 0 unspecified atom stereocenters. The number of aryl methyl sites for hydroxylation is 1. The van der Waals surface area contributed by atoms with Gasteiger partial charge in [0.1, 0.15) is 12.4 Å². The second kappa shape index (κ2) is 8.66. The first-order valence-corrected chi connectivity index (χ1v) is 10.5. The Hall–Kier alpha value is -3.21. The molecule has 30 heavy (non-hydrogen) atoms. The number of carbonyl (C=O) groups excluding carboxylic acids is 1. The van der Waals surface area contributed by atoms with Gasteiger partial charge in [0.2, 0.25) is 5.82 Å². The van der Waals surface area contributed by atoms with Crippen molar-refractivity contribution in [1.82, 2.24) is 15.3 Å². The van der Waals surface area contributed by atoms with Crippen LogP contribution in [0.1, 0.15) is 59.2 Å². The number of ether oxygens (including phenoxy) is 1. The molecule has 1 aliphatic carbocycles. The van der Waals surface area contributed by atoms with Gasteiger partial charge in [-0.05, 0) is 56.0 Å². The first-order valence-electron chi connectivity index (χ1n) is 10.5. The quantitative estimate of drug-likeness (QED) is 0.629. The van der Waals surface area contributed by atoms with E-state index in [0.717, 1.165) is 5.75 Å². The van der Waals surface area contributed by atoms with E-state index in [0.29, 0.717) is 12.2 Å². The van der Waals surface area contributed by atoms with E-state index in [9.17, 15) is 4.79 Å². The number of hydrogen-bond donors (Lipinski definition) is 1. The van der Waals surface area contributed by atoms with Gasteiger partial charge in [-0.3, -0.25) is 4.79 Å². The van der Waals surface area contributed by atoms with Crippen LogP contribution in [-0.2, 0) is 12.0 Å². The molecule has 1 fully saturated rings. The van der Waals surface area contributed by atoms with E-state index < -0.39 is 0 Å². The lowest BCUT2D eigenvalue weighted by molar-refractivity contribution is 0.0944. The summed E-state index contributed by atoms with van der Waals surface area (Å²) < 4.78 is 5.91. The molecule has 154 valence electrons. The van der Waals surface area contributed by atoms with Crippen LogP contribution in [0.5, 0.6) is 5.75 Å². The normalized spacial score (nSPS) is 14.6. The van der Waals surface area contributed by atoms with Crippen LogP contribution in [0.3, 0.4) is 0 Å². The highest BCUT2D eigenvalue weighted by atomic mass is 16.5. The molecule has 1 N–H and O–H groups in total. The lowest BCUT2D eigenvalue weighted by atomic mass is 9.60. The number of carbonyl (C=O) groups is 1. The largest absolute Gasteiger partial charge is 0.487 e. The summed E-state index contributed by atoms with van der Waals surface area (Å²) in [6.45, 7) is 4.82. The monoisotopic (exact) mass is 401 g/mol. The standard InChI is InChI=1S/C25H27N3O2/c1-3-26-24(29)23-27-16-13-21(28-23)17-30-22-11-9-20(10-12-22)25(14-4-15-25)19-7-5-18(2)6-8-19/h5-13,16H,3-4,14-15,17H2,1-2H3,(H,26,29). The summed E-state index contributed by atoms with van der Waals surface area (Å²) in [5.41, 5.74) is 4.82. The van der Waals surface area contributed by atoms with E-state index in [1.54, 1.807) is 12.3 Å². The van der Waals surface area contributed by atoms with Crippen molar-refractivity contribution in [3.8, 4) is 5.75 Å². The highest BCUT2D eigenvalue weighted by Gasteiger charge is 2.40. The summed E-state index contributed by atoms with van der Waals surface area (Å²) in [4.78, 5) is 20.2. The SMILES string of the molecule is CCNC(=O)c1nccc(COc2ccc(C3(c4ccc(C)cc4)CCC3)cc2)n1. The molecule has 0 radical (unpaired) electrons. The van der Waals surface area contributed by atoms with Gasteiger partial charge in [0.05, 0.1) is 5.69 Å². The number of benzene rings is 2. The highest BCUT2D eigenvalue weighted by Crippen LogP contribution is 2.49. The maximum absolute atomic E-state index is 11.9. The Kier molecular flexibility index (Phi) is 5.79. The van der Waals surface area contributed by atoms with E-state index in [-0.39, 0.29) is 23.8 Å². The fourth-order valence-corrected chi connectivity index (χ4v) is 4.00. The lowest BCUT2D eigenvalue weighted by Crippen LogP contribution is -2.35. The van der Waals surface area contributed by atoms with Crippen LogP contribution in [0.2, 0.25) is 0 Å². The van der Waals surface area contributed by atoms with Crippen molar-refractivity contribution in [2.24, 2.45) is 0 Å². The molecular weight excluding hydrogens is 374 g/mol. The van der Waals surface area contributed by atoms with Crippen molar-refractivity contribution < 1.29 is 9.53 Å². The van der Waals surface area contributed by atoms with Crippen LogP contribution in [0.4, 0.5) is 0 Å². The summed E-state index contributed by atoms with van der Waals surface area (Å²) in [6, 6.07) is 19.1. The first-order chi connectivity index (χ1) is 14.6. The molecule has 5 nitrogen and oxygen atoms in total. The van der Waals surface area contributed by atoms with Crippen LogP contribution in [0, 0.1) is 6.92 Å². The third kappa shape index (κ3) is 4.06. The zero-order chi connectivity index (χ0) is 21.0. The molecule has 1 aliphatic rings. The maximum atomic E-state index is 11.9. The van der Waals surface area contributed by atoms with Gasteiger partial charge in [-0.25, -0.2) is 9.97 Å². The zero-order valence-corrected chi connectivity index (χ0v) is 17.5. The summed E-state index contributed by atoms with van der Waals surface area (Å²) in [5.74, 6) is 0.680. The molecule has 2 aromatic carbocycles. The van der Waals surface area contributed by atoms with Crippen molar-refractivity contribution in [3.05, 3.63) is 89.0 Å². The number of amides is 1. The van der Waals surface area contributed by atoms with E-state index in [1.807, 2.05) is 19.1 Å². The Morgan fingerprint density at radius 1 is 1.03 bits per heavy atom. The molecule has 0 spiro atoms. The summed E-state index contributed by atoms with van der Waals surface area (Å²) in [7, 11) is 0. The number of nitrogens with zero attached hydrogens (tertiary/aromatic N) is 2. The lowest BCUT2D eigenvalue weighted by Gasteiger charge is -2.43.